The topological polar surface area (TPSA) is 41.9 Å². The maximum atomic E-state index is 14.3. The number of carbonyl (C=O) groups excluding carboxylic acids is 1. The van der Waals surface area contributed by atoms with Crippen LogP contribution in [0.3, 0.4) is 0 Å². The van der Waals surface area contributed by atoms with Gasteiger partial charge in [-0.05, 0) is 35.9 Å². The highest BCUT2D eigenvalue weighted by Crippen LogP contribution is 2.27. The molecule has 3 aromatic carbocycles. The number of nitrogens with zero attached hydrogens (tertiary/aromatic N) is 2. The maximum absolute atomic E-state index is 14.3. The fourth-order valence-electron chi connectivity index (χ4n) is 3.47. The van der Waals surface area contributed by atoms with Gasteiger partial charge in [-0.25, -0.2) is 4.39 Å². The van der Waals surface area contributed by atoms with Crippen molar-refractivity contribution in [3.63, 3.8) is 0 Å². The highest BCUT2D eigenvalue weighted by molar-refractivity contribution is 6.42. The van der Waals surface area contributed by atoms with Gasteiger partial charge in [0.15, 0.2) is 6.10 Å². The summed E-state index contributed by atoms with van der Waals surface area (Å²) in [6.45, 7) is 0.404. The molecule has 0 fully saturated rings. The Morgan fingerprint density at radius 2 is 1.75 bits per heavy atom. The fourth-order valence-corrected chi connectivity index (χ4v) is 3.97. The molecule has 0 radical (unpaired) electrons. The highest BCUT2D eigenvalue weighted by atomic mass is 35.5. The molecule has 4 nitrogen and oxygen atoms in total. The van der Waals surface area contributed by atoms with Crippen LogP contribution < -0.4 is 0 Å². The van der Waals surface area contributed by atoms with E-state index in [4.69, 9.17) is 39.6 Å². The first kappa shape index (κ1) is 22.6. The Morgan fingerprint density at radius 1 is 1.00 bits per heavy atom. The van der Waals surface area contributed by atoms with Crippen LogP contribution in [-0.4, -0.2) is 29.2 Å². The van der Waals surface area contributed by atoms with E-state index in [1.807, 2.05) is 24.3 Å². The lowest BCUT2D eigenvalue weighted by molar-refractivity contribution is 0.0402. The second kappa shape index (κ2) is 9.90. The van der Waals surface area contributed by atoms with E-state index in [1.54, 1.807) is 30.3 Å². The Kier molecular flexibility index (Phi) is 6.99. The van der Waals surface area contributed by atoms with Crippen LogP contribution >= 0.6 is 34.8 Å². The minimum atomic E-state index is -0.582. The van der Waals surface area contributed by atoms with E-state index in [0.717, 1.165) is 11.1 Å². The lowest BCUT2D eigenvalue weighted by atomic mass is 10.0. The molecule has 0 aliphatic carbocycles. The van der Waals surface area contributed by atoms with E-state index in [2.05, 4.69) is 5.16 Å². The summed E-state index contributed by atoms with van der Waals surface area (Å²) in [5, 5.41) is 5.56. The third-order valence-electron chi connectivity index (χ3n) is 5.12. The third-order valence-corrected chi connectivity index (χ3v) is 6.23. The van der Waals surface area contributed by atoms with Gasteiger partial charge in [0.25, 0.3) is 5.91 Å². The smallest absolute Gasteiger partial charge is 0.257 e. The number of hydrogen-bond acceptors (Lipinski definition) is 3. The van der Waals surface area contributed by atoms with E-state index >= 15 is 0 Å². The molecule has 8 heteroatoms. The van der Waals surface area contributed by atoms with Crippen molar-refractivity contribution in [1.82, 2.24) is 4.90 Å². The first-order valence-corrected chi connectivity index (χ1v) is 11.0. The molecule has 1 aliphatic rings. The quantitative estimate of drug-likeness (QED) is 0.389. The molecule has 1 atom stereocenters. The van der Waals surface area contributed by atoms with E-state index in [1.165, 1.54) is 17.0 Å². The summed E-state index contributed by atoms with van der Waals surface area (Å²) in [4.78, 5) is 20.3. The molecule has 0 N–H and O–H groups in total. The second-order valence-electron chi connectivity index (χ2n) is 7.36. The van der Waals surface area contributed by atoms with Crippen molar-refractivity contribution in [1.29, 1.82) is 0 Å². The molecule has 4 rings (SSSR count). The zero-order valence-electron chi connectivity index (χ0n) is 16.8. The van der Waals surface area contributed by atoms with Crippen LogP contribution in [0.15, 0.2) is 71.9 Å². The van der Waals surface area contributed by atoms with E-state index < -0.39 is 17.8 Å². The van der Waals surface area contributed by atoms with Crippen LogP contribution in [-0.2, 0) is 11.4 Å². The summed E-state index contributed by atoms with van der Waals surface area (Å²) in [5.74, 6) is -1.03. The molecule has 1 amide bonds. The number of carbonyl (C=O) groups is 1. The van der Waals surface area contributed by atoms with Gasteiger partial charge in [0, 0.05) is 23.6 Å². The lowest BCUT2D eigenvalue weighted by Gasteiger charge is -2.25. The number of rotatable bonds is 6. The normalized spacial score (nSPS) is 15.2. The molecule has 0 saturated carbocycles. The van der Waals surface area contributed by atoms with E-state index in [-0.39, 0.29) is 18.7 Å². The second-order valence-corrected chi connectivity index (χ2v) is 8.58. The van der Waals surface area contributed by atoms with Crippen LogP contribution in [0.1, 0.15) is 27.9 Å². The first-order chi connectivity index (χ1) is 15.4. The summed E-state index contributed by atoms with van der Waals surface area (Å²) in [5.41, 5.74) is 2.23. The van der Waals surface area contributed by atoms with Gasteiger partial charge in [-0.3, -0.25) is 4.79 Å². The van der Waals surface area contributed by atoms with Crippen LogP contribution in [0.4, 0.5) is 4.39 Å². The Bertz CT molecular complexity index is 1190. The van der Waals surface area contributed by atoms with Crippen molar-refractivity contribution in [3.8, 4) is 0 Å². The zero-order valence-corrected chi connectivity index (χ0v) is 19.0. The van der Waals surface area contributed by atoms with Crippen molar-refractivity contribution in [3.05, 3.63) is 104 Å². The Morgan fingerprint density at radius 3 is 2.50 bits per heavy atom. The number of benzene rings is 3. The van der Waals surface area contributed by atoms with Gasteiger partial charge in [0.2, 0.25) is 0 Å². The number of oxime groups is 1. The van der Waals surface area contributed by atoms with Gasteiger partial charge < -0.3 is 9.74 Å². The van der Waals surface area contributed by atoms with Crippen molar-refractivity contribution in [2.24, 2.45) is 5.16 Å². The Hall–Kier alpha value is -2.60. The standard InChI is InChI=1S/C24H18Cl3FN2O2/c25-19-7-3-1-5-16(19)13-30(24(31)18-6-2-4-8-22(18)28)14-17-12-23(29-32-17)15-9-10-20(26)21(27)11-15/h1-11,17H,12-14H2/t17-/m0/s1. The van der Waals surface area contributed by atoms with Crippen LogP contribution in [0.2, 0.25) is 15.1 Å². The number of hydrogen-bond donors (Lipinski definition) is 0. The number of halogens is 4. The van der Waals surface area contributed by atoms with Gasteiger partial charge in [0.1, 0.15) is 5.82 Å². The van der Waals surface area contributed by atoms with E-state index in [0.29, 0.717) is 27.2 Å². The van der Waals surface area contributed by atoms with Crippen LogP contribution in [0.5, 0.6) is 0 Å². The summed E-state index contributed by atoms with van der Waals surface area (Å²) in [6.07, 6.45) is 0.0549. The summed E-state index contributed by atoms with van der Waals surface area (Å²) in [6, 6.07) is 18.4. The molecule has 0 bridgehead atoms. The highest BCUT2D eigenvalue weighted by Gasteiger charge is 2.29. The maximum Gasteiger partial charge on any atom is 0.257 e. The van der Waals surface area contributed by atoms with Gasteiger partial charge in [0.05, 0.1) is 27.9 Å². The minimum Gasteiger partial charge on any atom is -0.390 e. The Balaban J connectivity index is 1.54. The van der Waals surface area contributed by atoms with Gasteiger partial charge in [-0.2, -0.15) is 0 Å². The average Bonchev–Trinajstić information content (AvgIpc) is 3.25. The molecule has 1 aliphatic heterocycles. The molecule has 0 unspecified atom stereocenters. The predicted octanol–water partition coefficient (Wildman–Crippen LogP) is 6.62. The fraction of sp³-hybridized carbons (Fsp3) is 0.167. The van der Waals surface area contributed by atoms with Gasteiger partial charge in [-0.15, -0.1) is 0 Å². The summed E-state index contributed by atoms with van der Waals surface area (Å²) < 4.78 is 14.3. The van der Waals surface area contributed by atoms with Crippen molar-refractivity contribution in [2.45, 2.75) is 19.1 Å². The summed E-state index contributed by atoms with van der Waals surface area (Å²) >= 11 is 18.4. The lowest BCUT2D eigenvalue weighted by Crippen LogP contribution is -2.37. The molecule has 0 spiro atoms. The van der Waals surface area contributed by atoms with Crippen molar-refractivity contribution >= 4 is 46.4 Å². The molecular weight excluding hydrogens is 474 g/mol. The Labute approximate surface area is 200 Å². The van der Waals surface area contributed by atoms with Crippen molar-refractivity contribution in [2.75, 3.05) is 6.54 Å². The molecule has 0 saturated heterocycles. The largest absolute Gasteiger partial charge is 0.390 e. The molecule has 164 valence electrons. The molecule has 1 heterocycles. The SMILES string of the molecule is O=C(c1ccccc1F)N(Cc1ccccc1Cl)C[C@@H]1CC(c2ccc(Cl)c(Cl)c2)=NO1. The van der Waals surface area contributed by atoms with Gasteiger partial charge >= 0.3 is 0 Å². The van der Waals surface area contributed by atoms with Gasteiger partial charge in [-0.1, -0.05) is 76.4 Å². The minimum absolute atomic E-state index is 0.0109. The molecule has 32 heavy (non-hydrogen) atoms. The molecule has 0 aromatic heterocycles. The van der Waals surface area contributed by atoms with Crippen molar-refractivity contribution < 1.29 is 14.0 Å². The monoisotopic (exact) mass is 490 g/mol. The third kappa shape index (κ3) is 5.07. The molecule has 3 aromatic rings. The predicted molar refractivity (Wildman–Crippen MR) is 125 cm³/mol. The van der Waals surface area contributed by atoms with E-state index in [9.17, 15) is 9.18 Å². The van der Waals surface area contributed by atoms with Crippen LogP contribution in [0.25, 0.3) is 0 Å². The zero-order chi connectivity index (χ0) is 22.7. The van der Waals surface area contributed by atoms with Crippen LogP contribution in [0, 0.1) is 5.82 Å². The first-order valence-electron chi connectivity index (χ1n) is 9.87. The summed E-state index contributed by atoms with van der Waals surface area (Å²) in [7, 11) is 0. The molecular formula is C24H18Cl3FN2O2. The number of amides is 1. The average molecular weight is 492 g/mol.